The Morgan fingerprint density at radius 3 is 2.74 bits per heavy atom. The van der Waals surface area contributed by atoms with Crippen molar-refractivity contribution in [2.75, 3.05) is 20.0 Å². The van der Waals surface area contributed by atoms with Crippen molar-refractivity contribution in [3.8, 4) is 11.5 Å². The summed E-state index contributed by atoms with van der Waals surface area (Å²) in [4.78, 5) is 8.01. The number of hydrogen-bond donors (Lipinski definition) is 1. The number of benzene rings is 1. The Morgan fingerprint density at radius 2 is 2.04 bits per heavy atom. The van der Waals surface area contributed by atoms with Crippen molar-refractivity contribution < 1.29 is 9.47 Å². The van der Waals surface area contributed by atoms with Crippen molar-refractivity contribution in [1.82, 2.24) is 25.0 Å². The molecule has 3 rings (SSSR count). The molecule has 0 saturated carbocycles. The molecule has 0 spiro atoms. The van der Waals surface area contributed by atoms with Crippen molar-refractivity contribution in [3.05, 3.63) is 27.3 Å². The molecule has 3 aromatic rings. The highest BCUT2D eigenvalue weighted by molar-refractivity contribution is 9.10. The number of halogens is 2. The van der Waals surface area contributed by atoms with Gasteiger partial charge in [0.05, 0.1) is 25.2 Å². The Balaban J connectivity index is 2.09. The molecule has 0 fully saturated rings. The number of methoxy groups -OCH3 is 2. The molecular formula is C13H12BrClN6O2. The second-order valence-corrected chi connectivity index (χ2v) is 5.75. The lowest BCUT2D eigenvalue weighted by molar-refractivity contribution is 0.391. The first kappa shape index (κ1) is 15.8. The third-order valence-corrected chi connectivity index (χ3v) is 4.36. The maximum absolute atomic E-state index is 6.01. The summed E-state index contributed by atoms with van der Waals surface area (Å²) in [5, 5.41) is 8.23. The third kappa shape index (κ3) is 2.89. The zero-order chi connectivity index (χ0) is 16.6. The lowest BCUT2D eigenvalue weighted by Gasteiger charge is -2.12. The molecule has 0 aliphatic heterocycles. The zero-order valence-electron chi connectivity index (χ0n) is 12.2. The lowest BCUT2D eigenvalue weighted by Crippen LogP contribution is -2.06. The standard InChI is InChI=1S/C13H12BrClN6O2/c1-22-7-3-6(9(14)8(4-7)23-2)5-21-12-10(19-20-21)11(15)17-13(16)18-12/h3-4H,5H2,1-2H3,(H2,16,17,18). The number of hydrogen-bond acceptors (Lipinski definition) is 7. The van der Waals surface area contributed by atoms with E-state index in [1.165, 1.54) is 0 Å². The highest BCUT2D eigenvalue weighted by Gasteiger charge is 2.16. The van der Waals surface area contributed by atoms with Gasteiger partial charge in [0.1, 0.15) is 11.5 Å². The van der Waals surface area contributed by atoms with Gasteiger partial charge >= 0.3 is 0 Å². The fourth-order valence-electron chi connectivity index (χ4n) is 2.12. The molecule has 23 heavy (non-hydrogen) atoms. The minimum atomic E-state index is 0.0633. The molecule has 0 atom stereocenters. The van der Waals surface area contributed by atoms with Crippen molar-refractivity contribution in [1.29, 1.82) is 0 Å². The van der Waals surface area contributed by atoms with Crippen molar-refractivity contribution in [2.45, 2.75) is 6.54 Å². The van der Waals surface area contributed by atoms with Gasteiger partial charge in [0.25, 0.3) is 0 Å². The normalized spacial score (nSPS) is 11.0. The van der Waals surface area contributed by atoms with E-state index < -0.39 is 0 Å². The summed E-state index contributed by atoms with van der Waals surface area (Å²) in [5.74, 6) is 1.38. The monoisotopic (exact) mass is 398 g/mol. The highest BCUT2D eigenvalue weighted by atomic mass is 79.9. The number of nitrogens with two attached hydrogens (primary N) is 1. The van der Waals surface area contributed by atoms with E-state index in [4.69, 9.17) is 26.8 Å². The second kappa shape index (κ2) is 6.17. The number of ether oxygens (including phenoxy) is 2. The van der Waals surface area contributed by atoms with Crippen molar-refractivity contribution in [3.63, 3.8) is 0 Å². The molecule has 2 N–H and O–H groups in total. The van der Waals surface area contributed by atoms with Gasteiger partial charge in [-0.1, -0.05) is 16.8 Å². The molecule has 0 aliphatic carbocycles. The summed E-state index contributed by atoms with van der Waals surface area (Å²) < 4.78 is 13.0. The summed E-state index contributed by atoms with van der Waals surface area (Å²) >= 11 is 9.53. The first-order chi connectivity index (χ1) is 11.0. The summed E-state index contributed by atoms with van der Waals surface area (Å²) in [6.45, 7) is 0.372. The van der Waals surface area contributed by atoms with Crippen LogP contribution in [0.2, 0.25) is 5.15 Å². The fraction of sp³-hybridized carbons (Fsp3) is 0.231. The van der Waals surface area contributed by atoms with Crippen LogP contribution in [0.15, 0.2) is 16.6 Å². The van der Waals surface area contributed by atoms with Crippen LogP contribution < -0.4 is 15.2 Å². The highest BCUT2D eigenvalue weighted by Crippen LogP contribution is 2.34. The Hall–Kier alpha value is -2.13. The molecule has 10 heteroatoms. The van der Waals surface area contributed by atoms with E-state index in [2.05, 4.69) is 36.2 Å². The maximum Gasteiger partial charge on any atom is 0.223 e. The van der Waals surface area contributed by atoms with Gasteiger partial charge in [-0.25, -0.2) is 4.68 Å². The first-order valence-corrected chi connectivity index (χ1v) is 7.63. The van der Waals surface area contributed by atoms with E-state index in [-0.39, 0.29) is 11.1 Å². The number of fused-ring (bicyclic) bond motifs is 1. The van der Waals surface area contributed by atoms with Gasteiger partial charge in [-0.05, 0) is 27.6 Å². The predicted octanol–water partition coefficient (Wildman–Crippen LogP) is 2.28. The average Bonchev–Trinajstić information content (AvgIpc) is 2.92. The molecule has 1 aromatic carbocycles. The van der Waals surface area contributed by atoms with Crippen LogP contribution in [0.25, 0.3) is 11.2 Å². The summed E-state index contributed by atoms with van der Waals surface area (Å²) in [7, 11) is 3.17. The van der Waals surface area contributed by atoms with Crippen LogP contribution in [-0.2, 0) is 6.54 Å². The first-order valence-electron chi connectivity index (χ1n) is 6.46. The molecule has 2 heterocycles. The van der Waals surface area contributed by atoms with Gasteiger partial charge in [-0.15, -0.1) is 5.10 Å². The zero-order valence-corrected chi connectivity index (χ0v) is 14.6. The molecule has 0 saturated heterocycles. The third-order valence-electron chi connectivity index (χ3n) is 3.20. The van der Waals surface area contributed by atoms with Gasteiger partial charge in [0.2, 0.25) is 5.95 Å². The molecule has 0 unspecified atom stereocenters. The van der Waals surface area contributed by atoms with Crippen molar-refractivity contribution in [2.24, 2.45) is 0 Å². The Kier molecular flexibility index (Phi) is 4.22. The largest absolute Gasteiger partial charge is 0.497 e. The van der Waals surface area contributed by atoms with E-state index in [0.29, 0.717) is 29.2 Å². The van der Waals surface area contributed by atoms with Crippen LogP contribution in [0, 0.1) is 0 Å². The molecule has 2 aromatic heterocycles. The molecular weight excluding hydrogens is 388 g/mol. The van der Waals surface area contributed by atoms with Crippen LogP contribution in [0.5, 0.6) is 11.5 Å². The van der Waals surface area contributed by atoms with E-state index >= 15 is 0 Å². The van der Waals surface area contributed by atoms with Crippen molar-refractivity contribution >= 4 is 44.6 Å². The Bertz CT molecular complexity index is 885. The number of anilines is 1. The van der Waals surface area contributed by atoms with Gasteiger partial charge in [0, 0.05) is 6.07 Å². The summed E-state index contributed by atoms with van der Waals surface area (Å²) in [6.07, 6.45) is 0. The summed E-state index contributed by atoms with van der Waals surface area (Å²) in [5.41, 5.74) is 7.37. The minimum Gasteiger partial charge on any atom is -0.497 e. The van der Waals surface area contributed by atoms with Crippen LogP contribution in [0.4, 0.5) is 5.95 Å². The van der Waals surface area contributed by atoms with Crippen LogP contribution >= 0.6 is 27.5 Å². The quantitative estimate of drug-likeness (QED) is 0.672. The van der Waals surface area contributed by atoms with Gasteiger partial charge in [0.15, 0.2) is 16.3 Å². The lowest BCUT2D eigenvalue weighted by atomic mass is 10.2. The van der Waals surface area contributed by atoms with E-state index in [1.807, 2.05) is 6.07 Å². The van der Waals surface area contributed by atoms with E-state index in [9.17, 15) is 0 Å². The topological polar surface area (TPSA) is 101 Å². The van der Waals surface area contributed by atoms with E-state index in [0.717, 1.165) is 10.0 Å². The smallest absolute Gasteiger partial charge is 0.223 e. The van der Waals surface area contributed by atoms with Crippen LogP contribution in [0.1, 0.15) is 5.56 Å². The number of rotatable bonds is 4. The molecule has 0 bridgehead atoms. The maximum atomic E-state index is 6.01. The molecule has 0 radical (unpaired) electrons. The fourth-order valence-corrected chi connectivity index (χ4v) is 2.84. The van der Waals surface area contributed by atoms with E-state index in [1.54, 1.807) is 25.0 Å². The van der Waals surface area contributed by atoms with Crippen LogP contribution in [-0.4, -0.2) is 39.2 Å². The van der Waals surface area contributed by atoms with Gasteiger partial charge < -0.3 is 15.2 Å². The minimum absolute atomic E-state index is 0.0633. The summed E-state index contributed by atoms with van der Waals surface area (Å²) in [6, 6.07) is 3.65. The number of aromatic nitrogens is 5. The molecule has 0 aliphatic rings. The predicted molar refractivity (Wildman–Crippen MR) is 88.9 cm³/mol. The Morgan fingerprint density at radius 1 is 1.26 bits per heavy atom. The molecule has 8 nitrogen and oxygen atoms in total. The van der Waals surface area contributed by atoms with Crippen LogP contribution in [0.3, 0.4) is 0 Å². The molecule has 0 amide bonds. The average molecular weight is 400 g/mol. The number of nitrogen functional groups attached to an aromatic ring is 1. The second-order valence-electron chi connectivity index (χ2n) is 4.59. The molecule has 120 valence electrons. The van der Waals surface area contributed by atoms with Gasteiger partial charge in [-0.3, -0.25) is 0 Å². The SMILES string of the molecule is COc1cc(Cn2nnc3c(Cl)nc(N)nc32)c(Br)c(OC)c1. The van der Waals surface area contributed by atoms with Gasteiger partial charge in [-0.2, -0.15) is 9.97 Å². The number of nitrogens with zero attached hydrogens (tertiary/aromatic N) is 5. The Labute approximate surface area is 144 Å².